The molecule has 13 heavy (non-hydrogen) atoms. The monoisotopic (exact) mass is 205 g/mol. The summed E-state index contributed by atoms with van der Waals surface area (Å²) in [6.07, 6.45) is 1.42. The van der Waals surface area contributed by atoms with Gasteiger partial charge in [-0.05, 0) is 24.6 Å². The summed E-state index contributed by atoms with van der Waals surface area (Å²) in [5.41, 5.74) is 5.53. The molecule has 1 heterocycles. The fourth-order valence-electron chi connectivity index (χ4n) is 1.10. The number of nitrogens with two attached hydrogens (primary N) is 1. The topological polar surface area (TPSA) is 44.5 Å². The van der Waals surface area contributed by atoms with E-state index in [9.17, 15) is 0 Å². The van der Waals surface area contributed by atoms with Crippen LogP contribution in [0.5, 0.6) is 0 Å². The lowest BCUT2D eigenvalue weighted by atomic mass is 10.2. The first-order valence-corrected chi connectivity index (χ1v) is 5.95. The van der Waals surface area contributed by atoms with Crippen LogP contribution in [0.3, 0.4) is 0 Å². The van der Waals surface area contributed by atoms with E-state index in [4.69, 9.17) is 15.2 Å². The highest BCUT2D eigenvalue weighted by Gasteiger charge is 2.14. The van der Waals surface area contributed by atoms with Gasteiger partial charge in [0.25, 0.3) is 0 Å². The van der Waals surface area contributed by atoms with E-state index in [1.54, 1.807) is 0 Å². The van der Waals surface area contributed by atoms with Crippen molar-refractivity contribution in [3.63, 3.8) is 0 Å². The first-order valence-electron chi connectivity index (χ1n) is 4.80. The number of rotatable bonds is 5. The Morgan fingerprint density at radius 3 is 3.08 bits per heavy atom. The normalized spacial score (nSPS) is 25.8. The van der Waals surface area contributed by atoms with E-state index >= 15 is 0 Å². The quantitative estimate of drug-likeness (QED) is 0.729. The van der Waals surface area contributed by atoms with Gasteiger partial charge in [-0.2, -0.15) is 11.8 Å². The molecule has 0 aromatic carbocycles. The summed E-state index contributed by atoms with van der Waals surface area (Å²) in [6, 6.07) is 0. The van der Waals surface area contributed by atoms with Crippen molar-refractivity contribution in [1.82, 2.24) is 0 Å². The molecule has 1 aliphatic rings. The van der Waals surface area contributed by atoms with E-state index in [2.05, 4.69) is 6.92 Å². The van der Waals surface area contributed by atoms with Crippen molar-refractivity contribution in [1.29, 1.82) is 0 Å². The van der Waals surface area contributed by atoms with Crippen LogP contribution in [0.2, 0.25) is 0 Å². The van der Waals surface area contributed by atoms with E-state index in [1.165, 1.54) is 0 Å². The molecule has 1 rings (SSSR count). The summed E-state index contributed by atoms with van der Waals surface area (Å²) in [7, 11) is 0. The summed E-state index contributed by atoms with van der Waals surface area (Å²) in [5, 5.41) is 0. The Balaban J connectivity index is 1.98. The van der Waals surface area contributed by atoms with Crippen molar-refractivity contribution in [2.24, 2.45) is 11.7 Å². The van der Waals surface area contributed by atoms with Gasteiger partial charge in [-0.15, -0.1) is 0 Å². The van der Waals surface area contributed by atoms with Crippen LogP contribution in [0.1, 0.15) is 13.3 Å². The highest BCUT2D eigenvalue weighted by Crippen LogP contribution is 2.14. The van der Waals surface area contributed by atoms with E-state index in [0.29, 0.717) is 18.8 Å². The molecule has 0 radical (unpaired) electrons. The van der Waals surface area contributed by atoms with Crippen LogP contribution < -0.4 is 5.73 Å². The van der Waals surface area contributed by atoms with Crippen molar-refractivity contribution in [2.45, 2.75) is 19.4 Å². The SMILES string of the molecule is CC(CN)CSCC1CCOCO1. The first-order chi connectivity index (χ1) is 6.33. The van der Waals surface area contributed by atoms with E-state index in [-0.39, 0.29) is 0 Å². The second-order valence-corrected chi connectivity index (χ2v) is 4.56. The lowest BCUT2D eigenvalue weighted by Crippen LogP contribution is -2.26. The number of hydrogen-bond donors (Lipinski definition) is 1. The zero-order valence-corrected chi connectivity index (χ0v) is 9.02. The van der Waals surface area contributed by atoms with Crippen LogP contribution in [-0.2, 0) is 9.47 Å². The van der Waals surface area contributed by atoms with E-state index in [1.807, 2.05) is 11.8 Å². The molecule has 1 aliphatic heterocycles. The Bertz CT molecular complexity index is 129. The summed E-state index contributed by atoms with van der Waals surface area (Å²) in [4.78, 5) is 0. The molecule has 1 fully saturated rings. The van der Waals surface area contributed by atoms with Gasteiger partial charge in [-0.25, -0.2) is 0 Å². The van der Waals surface area contributed by atoms with Crippen LogP contribution >= 0.6 is 11.8 Å². The van der Waals surface area contributed by atoms with Crippen molar-refractivity contribution < 1.29 is 9.47 Å². The van der Waals surface area contributed by atoms with Gasteiger partial charge in [0.2, 0.25) is 0 Å². The Kier molecular flexibility index (Phi) is 5.78. The van der Waals surface area contributed by atoms with Gasteiger partial charge in [0.1, 0.15) is 6.79 Å². The standard InChI is InChI=1S/C9H19NO2S/c1-8(4-10)5-13-6-9-2-3-11-7-12-9/h8-9H,2-7,10H2,1H3. The average molecular weight is 205 g/mol. The van der Waals surface area contributed by atoms with Crippen LogP contribution in [0.15, 0.2) is 0 Å². The summed E-state index contributed by atoms with van der Waals surface area (Å²) in [6.45, 7) is 4.27. The van der Waals surface area contributed by atoms with Crippen molar-refractivity contribution in [2.75, 3.05) is 31.5 Å². The lowest BCUT2D eigenvalue weighted by Gasteiger charge is -2.22. The molecule has 0 aromatic heterocycles. The minimum absolute atomic E-state index is 0.392. The van der Waals surface area contributed by atoms with Crippen molar-refractivity contribution in [3.05, 3.63) is 0 Å². The molecule has 3 nitrogen and oxygen atoms in total. The minimum atomic E-state index is 0.392. The molecule has 4 heteroatoms. The predicted molar refractivity (Wildman–Crippen MR) is 55.9 cm³/mol. The molecule has 2 atom stereocenters. The molecule has 0 saturated carbocycles. The molecule has 0 aromatic rings. The maximum absolute atomic E-state index is 5.53. The van der Waals surface area contributed by atoms with Gasteiger partial charge in [0.15, 0.2) is 0 Å². The number of ether oxygens (including phenoxy) is 2. The molecule has 2 unspecified atom stereocenters. The van der Waals surface area contributed by atoms with Gasteiger partial charge in [-0.1, -0.05) is 6.92 Å². The fraction of sp³-hybridized carbons (Fsp3) is 1.00. The van der Waals surface area contributed by atoms with Crippen LogP contribution in [0, 0.1) is 5.92 Å². The fourth-order valence-corrected chi connectivity index (χ4v) is 2.30. The zero-order valence-electron chi connectivity index (χ0n) is 8.20. The van der Waals surface area contributed by atoms with E-state index < -0.39 is 0 Å². The maximum atomic E-state index is 5.53. The highest BCUT2D eigenvalue weighted by atomic mass is 32.2. The Hall–Kier alpha value is 0.230. The lowest BCUT2D eigenvalue weighted by molar-refractivity contribution is -0.130. The third kappa shape index (κ3) is 4.86. The maximum Gasteiger partial charge on any atom is 0.147 e. The largest absolute Gasteiger partial charge is 0.355 e. The molecule has 78 valence electrons. The average Bonchev–Trinajstić information content (AvgIpc) is 2.19. The molecule has 0 spiro atoms. The molecule has 1 saturated heterocycles. The Morgan fingerprint density at radius 2 is 2.46 bits per heavy atom. The number of thioether (sulfide) groups is 1. The molecule has 0 aliphatic carbocycles. The third-order valence-electron chi connectivity index (χ3n) is 2.08. The molecule has 2 N–H and O–H groups in total. The van der Waals surface area contributed by atoms with Crippen LogP contribution in [0.25, 0.3) is 0 Å². The second-order valence-electron chi connectivity index (χ2n) is 3.48. The van der Waals surface area contributed by atoms with Gasteiger partial charge < -0.3 is 15.2 Å². The summed E-state index contributed by atoms with van der Waals surface area (Å²) >= 11 is 1.93. The molecule has 0 bridgehead atoms. The minimum Gasteiger partial charge on any atom is -0.355 e. The van der Waals surface area contributed by atoms with Gasteiger partial charge in [0, 0.05) is 5.75 Å². The van der Waals surface area contributed by atoms with Crippen LogP contribution in [0.4, 0.5) is 0 Å². The molecular formula is C9H19NO2S. The highest BCUT2D eigenvalue weighted by molar-refractivity contribution is 7.99. The molecule has 0 amide bonds. The second kappa shape index (κ2) is 6.65. The van der Waals surface area contributed by atoms with Crippen LogP contribution in [-0.4, -0.2) is 37.6 Å². The van der Waals surface area contributed by atoms with Gasteiger partial charge >= 0.3 is 0 Å². The van der Waals surface area contributed by atoms with E-state index in [0.717, 1.165) is 31.1 Å². The smallest absolute Gasteiger partial charge is 0.147 e. The summed E-state index contributed by atoms with van der Waals surface area (Å²) in [5.74, 6) is 2.83. The zero-order chi connectivity index (χ0) is 9.52. The predicted octanol–water partition coefficient (Wildman–Crippen LogP) is 1.08. The summed E-state index contributed by atoms with van der Waals surface area (Å²) < 4.78 is 10.5. The first kappa shape index (κ1) is 11.3. The number of hydrogen-bond acceptors (Lipinski definition) is 4. The Morgan fingerprint density at radius 1 is 1.62 bits per heavy atom. The van der Waals surface area contributed by atoms with Gasteiger partial charge in [-0.3, -0.25) is 0 Å². The van der Waals surface area contributed by atoms with Crippen molar-refractivity contribution in [3.8, 4) is 0 Å². The Labute approximate surface area is 84.3 Å². The van der Waals surface area contributed by atoms with Gasteiger partial charge in [0.05, 0.1) is 12.7 Å². The molecular weight excluding hydrogens is 186 g/mol. The third-order valence-corrected chi connectivity index (χ3v) is 3.49. The van der Waals surface area contributed by atoms with Crippen molar-refractivity contribution >= 4 is 11.8 Å².